The molecule has 1 unspecified atom stereocenters. The molecule has 3 heterocycles. The number of hydrogen-bond acceptors (Lipinski definition) is 5. The Morgan fingerprint density at radius 2 is 2.07 bits per heavy atom. The number of amides is 1. The summed E-state index contributed by atoms with van der Waals surface area (Å²) >= 11 is 0. The number of nitrogens with zero attached hydrogens (tertiary/aromatic N) is 5. The molecule has 0 bridgehead atoms. The Morgan fingerprint density at radius 1 is 1.21 bits per heavy atom. The first-order chi connectivity index (χ1) is 14.2. The molecule has 1 aliphatic rings. The van der Waals surface area contributed by atoms with Crippen molar-refractivity contribution in [1.82, 2.24) is 24.8 Å². The van der Waals surface area contributed by atoms with Gasteiger partial charge in [-0.15, -0.1) is 0 Å². The van der Waals surface area contributed by atoms with Crippen molar-refractivity contribution < 1.29 is 4.79 Å². The van der Waals surface area contributed by atoms with Crippen molar-refractivity contribution in [3.8, 4) is 11.3 Å². The zero-order chi connectivity index (χ0) is 20.1. The third-order valence-electron chi connectivity index (χ3n) is 5.41. The van der Waals surface area contributed by atoms with Crippen LogP contribution in [-0.2, 0) is 11.3 Å². The monoisotopic (exact) mass is 390 g/mol. The largest absolute Gasteiger partial charge is 0.356 e. The van der Waals surface area contributed by atoms with Crippen molar-refractivity contribution in [2.75, 3.05) is 24.5 Å². The van der Waals surface area contributed by atoms with E-state index in [0.29, 0.717) is 13.1 Å². The average molecular weight is 390 g/mol. The first kappa shape index (κ1) is 19.1. The lowest BCUT2D eigenvalue weighted by molar-refractivity contribution is -0.125. The third-order valence-corrected chi connectivity index (χ3v) is 5.41. The fourth-order valence-electron chi connectivity index (χ4n) is 3.77. The Hall–Kier alpha value is -3.22. The van der Waals surface area contributed by atoms with Gasteiger partial charge in [-0.05, 0) is 19.8 Å². The fraction of sp³-hybridized carbons (Fsp3) is 0.364. The van der Waals surface area contributed by atoms with Gasteiger partial charge in [0, 0.05) is 50.2 Å². The summed E-state index contributed by atoms with van der Waals surface area (Å²) in [5.41, 5.74) is 1.97. The Kier molecular flexibility index (Phi) is 5.84. The number of carbonyl (C=O) groups is 1. The van der Waals surface area contributed by atoms with Gasteiger partial charge in [-0.1, -0.05) is 30.3 Å². The Bertz CT molecular complexity index is 955. The minimum Gasteiger partial charge on any atom is -0.356 e. The maximum atomic E-state index is 12.7. The smallest absolute Gasteiger partial charge is 0.224 e. The van der Waals surface area contributed by atoms with Crippen molar-refractivity contribution in [1.29, 1.82) is 0 Å². The molecule has 1 saturated heterocycles. The van der Waals surface area contributed by atoms with Gasteiger partial charge in [0.2, 0.25) is 5.91 Å². The Labute approximate surface area is 170 Å². The molecule has 0 spiro atoms. The number of piperidine rings is 1. The number of anilines is 1. The maximum absolute atomic E-state index is 12.7. The molecule has 1 fully saturated rings. The normalized spacial score (nSPS) is 16.6. The summed E-state index contributed by atoms with van der Waals surface area (Å²) in [7, 11) is 0. The zero-order valence-corrected chi connectivity index (χ0v) is 16.7. The number of imidazole rings is 1. The van der Waals surface area contributed by atoms with Crippen LogP contribution in [0.3, 0.4) is 0 Å². The number of benzene rings is 1. The van der Waals surface area contributed by atoms with Gasteiger partial charge in [0.15, 0.2) is 0 Å². The highest BCUT2D eigenvalue weighted by Crippen LogP contribution is 2.25. The van der Waals surface area contributed by atoms with E-state index < -0.39 is 0 Å². The molecule has 1 aromatic carbocycles. The molecule has 1 atom stereocenters. The van der Waals surface area contributed by atoms with E-state index in [1.807, 2.05) is 54.1 Å². The number of nitrogens with one attached hydrogen (secondary N) is 1. The summed E-state index contributed by atoms with van der Waals surface area (Å²) in [4.78, 5) is 28.0. The predicted molar refractivity (Wildman–Crippen MR) is 112 cm³/mol. The molecule has 150 valence electrons. The topological polar surface area (TPSA) is 75.9 Å². The Morgan fingerprint density at radius 3 is 2.86 bits per heavy atom. The minimum absolute atomic E-state index is 0.0252. The van der Waals surface area contributed by atoms with Crippen molar-refractivity contribution in [3.63, 3.8) is 0 Å². The Balaban J connectivity index is 1.37. The summed E-state index contributed by atoms with van der Waals surface area (Å²) in [6.07, 6.45) is 7.20. The maximum Gasteiger partial charge on any atom is 0.224 e. The number of aryl methyl sites for hydroxylation is 1. The van der Waals surface area contributed by atoms with E-state index in [0.717, 1.165) is 48.8 Å². The molecule has 1 N–H and O–H groups in total. The number of aromatic nitrogens is 4. The van der Waals surface area contributed by atoms with Gasteiger partial charge in [0.25, 0.3) is 0 Å². The second kappa shape index (κ2) is 8.86. The van der Waals surface area contributed by atoms with Gasteiger partial charge >= 0.3 is 0 Å². The first-order valence-electron chi connectivity index (χ1n) is 10.1. The second-order valence-corrected chi connectivity index (χ2v) is 7.37. The van der Waals surface area contributed by atoms with Crippen LogP contribution in [0.25, 0.3) is 11.3 Å². The highest BCUT2D eigenvalue weighted by molar-refractivity contribution is 5.79. The molecule has 29 heavy (non-hydrogen) atoms. The van der Waals surface area contributed by atoms with Crippen LogP contribution in [-0.4, -0.2) is 45.1 Å². The fourth-order valence-corrected chi connectivity index (χ4v) is 3.77. The summed E-state index contributed by atoms with van der Waals surface area (Å²) in [5, 5.41) is 3.08. The van der Waals surface area contributed by atoms with Crippen molar-refractivity contribution in [2.45, 2.75) is 26.3 Å². The van der Waals surface area contributed by atoms with E-state index in [1.165, 1.54) is 0 Å². The van der Waals surface area contributed by atoms with Gasteiger partial charge in [0.1, 0.15) is 18.0 Å². The molecular weight excluding hydrogens is 364 g/mol. The molecule has 7 nitrogen and oxygen atoms in total. The van der Waals surface area contributed by atoms with Crippen molar-refractivity contribution in [3.05, 3.63) is 60.9 Å². The lowest BCUT2D eigenvalue weighted by atomic mass is 9.97. The first-order valence-corrected chi connectivity index (χ1v) is 10.1. The van der Waals surface area contributed by atoms with Crippen LogP contribution in [0.2, 0.25) is 0 Å². The molecule has 1 aliphatic heterocycles. The zero-order valence-electron chi connectivity index (χ0n) is 16.7. The van der Waals surface area contributed by atoms with Crippen LogP contribution < -0.4 is 10.2 Å². The molecule has 1 amide bonds. The van der Waals surface area contributed by atoms with E-state index in [2.05, 4.69) is 25.2 Å². The lowest BCUT2D eigenvalue weighted by Gasteiger charge is -2.33. The average Bonchev–Trinajstić information content (AvgIpc) is 3.19. The molecule has 2 aromatic heterocycles. The van der Waals surface area contributed by atoms with Gasteiger partial charge in [0.05, 0.1) is 11.6 Å². The summed E-state index contributed by atoms with van der Waals surface area (Å²) in [5.74, 6) is 1.93. The highest BCUT2D eigenvalue weighted by atomic mass is 16.1. The van der Waals surface area contributed by atoms with Crippen LogP contribution >= 0.6 is 0 Å². The number of carbonyl (C=O) groups excluding carboxylic acids is 1. The number of hydrogen-bond donors (Lipinski definition) is 1. The highest BCUT2D eigenvalue weighted by Gasteiger charge is 2.26. The van der Waals surface area contributed by atoms with Crippen molar-refractivity contribution >= 4 is 11.7 Å². The van der Waals surface area contributed by atoms with Gasteiger partial charge in [-0.3, -0.25) is 4.79 Å². The molecule has 0 aliphatic carbocycles. The van der Waals surface area contributed by atoms with Gasteiger partial charge in [-0.25, -0.2) is 15.0 Å². The predicted octanol–water partition coefficient (Wildman–Crippen LogP) is 2.68. The summed E-state index contributed by atoms with van der Waals surface area (Å²) < 4.78 is 2.04. The SMILES string of the molecule is Cc1nccn1CCNC(=O)C1CCCN(c2cc(-c3ccccc3)ncn2)C1. The minimum atomic E-state index is -0.0252. The molecule has 7 heteroatoms. The molecule has 3 aromatic rings. The second-order valence-electron chi connectivity index (χ2n) is 7.37. The number of rotatable bonds is 6. The van der Waals surface area contributed by atoms with E-state index >= 15 is 0 Å². The standard InChI is InChI=1S/C22H26N6O/c1-17-23-9-12-27(17)13-10-24-22(29)19-8-5-11-28(15-19)21-14-20(25-16-26-21)18-6-3-2-4-7-18/h2-4,6-7,9,12,14,16,19H,5,8,10-11,13,15H2,1H3,(H,24,29). The van der Waals surface area contributed by atoms with E-state index in [9.17, 15) is 4.79 Å². The van der Waals surface area contributed by atoms with Crippen LogP contribution in [0.5, 0.6) is 0 Å². The van der Waals surface area contributed by atoms with Gasteiger partial charge in [-0.2, -0.15) is 0 Å². The molecular formula is C22H26N6O. The van der Waals surface area contributed by atoms with Crippen LogP contribution in [0.1, 0.15) is 18.7 Å². The lowest BCUT2D eigenvalue weighted by Crippen LogP contribution is -2.44. The molecule has 0 saturated carbocycles. The van der Waals surface area contributed by atoms with Gasteiger partial charge < -0.3 is 14.8 Å². The van der Waals surface area contributed by atoms with Crippen LogP contribution in [0.15, 0.2) is 55.1 Å². The third kappa shape index (κ3) is 4.62. The van der Waals surface area contributed by atoms with E-state index in [4.69, 9.17) is 0 Å². The van der Waals surface area contributed by atoms with E-state index in [1.54, 1.807) is 12.5 Å². The van der Waals surface area contributed by atoms with Crippen molar-refractivity contribution in [2.24, 2.45) is 5.92 Å². The molecule has 0 radical (unpaired) electrons. The van der Waals surface area contributed by atoms with Crippen LogP contribution in [0, 0.1) is 12.8 Å². The quantitative estimate of drug-likeness (QED) is 0.700. The summed E-state index contributed by atoms with van der Waals surface area (Å²) in [6.45, 7) is 4.90. The summed E-state index contributed by atoms with van der Waals surface area (Å²) in [6, 6.07) is 12.1. The van der Waals surface area contributed by atoms with Crippen LogP contribution in [0.4, 0.5) is 5.82 Å². The molecule has 4 rings (SSSR count). The van der Waals surface area contributed by atoms with E-state index in [-0.39, 0.29) is 11.8 Å².